The van der Waals surface area contributed by atoms with Gasteiger partial charge in [-0.15, -0.1) is 4.98 Å². The lowest BCUT2D eigenvalue weighted by atomic mass is 10.1. The fraction of sp³-hybridized carbons (Fsp3) is 0.286. The first-order chi connectivity index (χ1) is 10.2. The van der Waals surface area contributed by atoms with Gasteiger partial charge in [0.2, 0.25) is 0 Å². The molecule has 21 heavy (non-hydrogen) atoms. The van der Waals surface area contributed by atoms with Gasteiger partial charge in [0.05, 0.1) is 26.4 Å². The lowest BCUT2D eigenvalue weighted by Crippen LogP contribution is -2.04. The highest BCUT2D eigenvalue weighted by Crippen LogP contribution is 2.20. The third kappa shape index (κ3) is 3.44. The first-order valence-corrected chi connectivity index (χ1v) is 6.29. The van der Waals surface area contributed by atoms with Crippen molar-refractivity contribution in [3.8, 4) is 23.4 Å². The predicted molar refractivity (Wildman–Crippen MR) is 74.3 cm³/mol. The molecule has 0 spiro atoms. The van der Waals surface area contributed by atoms with Crippen LogP contribution in [0.2, 0.25) is 0 Å². The summed E-state index contributed by atoms with van der Waals surface area (Å²) in [5.74, 6) is 0.0315. The second-order valence-corrected chi connectivity index (χ2v) is 3.93. The van der Waals surface area contributed by atoms with Crippen LogP contribution in [0.3, 0.4) is 0 Å². The summed E-state index contributed by atoms with van der Waals surface area (Å²) in [5, 5.41) is 0. The Morgan fingerprint density at radius 3 is 2.05 bits per heavy atom. The van der Waals surface area contributed by atoms with Crippen LogP contribution >= 0.6 is 0 Å². The Morgan fingerprint density at radius 2 is 1.57 bits per heavy atom. The number of benzene rings is 1. The number of esters is 1. The van der Waals surface area contributed by atoms with E-state index in [9.17, 15) is 4.79 Å². The maximum atomic E-state index is 11.6. The van der Waals surface area contributed by atoms with Gasteiger partial charge in [-0.25, -0.2) is 4.79 Å². The van der Waals surface area contributed by atoms with Crippen LogP contribution in [0.15, 0.2) is 24.3 Å². The Morgan fingerprint density at radius 1 is 1.00 bits per heavy atom. The first kappa shape index (κ1) is 14.7. The van der Waals surface area contributed by atoms with Crippen LogP contribution in [0.4, 0.5) is 0 Å². The molecule has 1 aromatic heterocycles. The van der Waals surface area contributed by atoms with Crippen molar-refractivity contribution >= 4 is 5.97 Å². The van der Waals surface area contributed by atoms with E-state index in [0.29, 0.717) is 23.6 Å². The molecule has 7 nitrogen and oxygen atoms in total. The Labute approximate surface area is 121 Å². The van der Waals surface area contributed by atoms with Crippen LogP contribution in [0.1, 0.15) is 17.3 Å². The van der Waals surface area contributed by atoms with Crippen molar-refractivity contribution in [2.75, 3.05) is 20.8 Å². The molecule has 110 valence electrons. The maximum absolute atomic E-state index is 11.6. The molecule has 7 heteroatoms. The van der Waals surface area contributed by atoms with Gasteiger partial charge in [-0.2, -0.15) is 9.97 Å². The fourth-order valence-electron chi connectivity index (χ4n) is 1.62. The van der Waals surface area contributed by atoms with Crippen molar-refractivity contribution in [1.29, 1.82) is 0 Å². The molecule has 0 fully saturated rings. The number of hydrogen-bond donors (Lipinski definition) is 0. The van der Waals surface area contributed by atoms with Crippen LogP contribution in [-0.2, 0) is 4.74 Å². The zero-order valence-corrected chi connectivity index (χ0v) is 12.0. The zero-order valence-electron chi connectivity index (χ0n) is 12.0. The summed E-state index contributed by atoms with van der Waals surface area (Å²) in [5.41, 5.74) is 1.18. The SMILES string of the molecule is CCOC(=O)c1ccc(-c2nc(OC)nc(OC)n2)cc1. The quantitative estimate of drug-likeness (QED) is 0.775. The Bertz CT molecular complexity index is 606. The van der Waals surface area contributed by atoms with Gasteiger partial charge in [-0.1, -0.05) is 12.1 Å². The molecule has 1 aromatic carbocycles. The molecule has 0 atom stereocenters. The van der Waals surface area contributed by atoms with Crippen LogP contribution in [0.5, 0.6) is 12.0 Å². The van der Waals surface area contributed by atoms with E-state index in [-0.39, 0.29) is 18.0 Å². The van der Waals surface area contributed by atoms with Crippen molar-refractivity contribution in [1.82, 2.24) is 15.0 Å². The monoisotopic (exact) mass is 289 g/mol. The van der Waals surface area contributed by atoms with E-state index in [0.717, 1.165) is 0 Å². The molecule has 0 bridgehead atoms. The lowest BCUT2D eigenvalue weighted by Gasteiger charge is -2.06. The topological polar surface area (TPSA) is 83.4 Å². The molecule has 0 unspecified atom stereocenters. The Kier molecular flexibility index (Phi) is 4.65. The normalized spacial score (nSPS) is 10.0. The number of nitrogens with zero attached hydrogens (tertiary/aromatic N) is 3. The van der Waals surface area contributed by atoms with Crippen molar-refractivity contribution in [2.45, 2.75) is 6.92 Å². The molecule has 0 amide bonds. The maximum Gasteiger partial charge on any atom is 0.338 e. The second-order valence-electron chi connectivity index (χ2n) is 3.93. The lowest BCUT2D eigenvalue weighted by molar-refractivity contribution is 0.0526. The van der Waals surface area contributed by atoms with Crippen LogP contribution < -0.4 is 9.47 Å². The van der Waals surface area contributed by atoms with Crippen LogP contribution in [0.25, 0.3) is 11.4 Å². The molecule has 0 radical (unpaired) electrons. The highest BCUT2D eigenvalue weighted by molar-refractivity contribution is 5.89. The highest BCUT2D eigenvalue weighted by Gasteiger charge is 2.11. The van der Waals surface area contributed by atoms with Gasteiger partial charge >= 0.3 is 18.0 Å². The minimum Gasteiger partial charge on any atom is -0.467 e. The average Bonchev–Trinajstić information content (AvgIpc) is 2.54. The summed E-state index contributed by atoms with van der Waals surface area (Å²) < 4.78 is 14.9. The number of aromatic nitrogens is 3. The van der Waals surface area contributed by atoms with E-state index in [2.05, 4.69) is 15.0 Å². The average molecular weight is 289 g/mol. The molecule has 0 aliphatic heterocycles. The first-order valence-electron chi connectivity index (χ1n) is 6.29. The number of rotatable bonds is 5. The van der Waals surface area contributed by atoms with Gasteiger partial charge in [0, 0.05) is 5.56 Å². The second kappa shape index (κ2) is 6.65. The van der Waals surface area contributed by atoms with E-state index < -0.39 is 0 Å². The van der Waals surface area contributed by atoms with E-state index in [1.165, 1.54) is 14.2 Å². The largest absolute Gasteiger partial charge is 0.467 e. The minimum atomic E-state index is -0.366. The van der Waals surface area contributed by atoms with Gasteiger partial charge in [0.1, 0.15) is 0 Å². The molecule has 0 saturated heterocycles. The number of hydrogen-bond acceptors (Lipinski definition) is 7. The van der Waals surface area contributed by atoms with E-state index >= 15 is 0 Å². The number of ether oxygens (including phenoxy) is 3. The summed E-state index contributed by atoms with van der Waals surface area (Å²) >= 11 is 0. The summed E-state index contributed by atoms with van der Waals surface area (Å²) in [6.45, 7) is 2.10. The number of carbonyl (C=O) groups is 1. The third-order valence-corrected chi connectivity index (χ3v) is 2.61. The summed E-state index contributed by atoms with van der Waals surface area (Å²) in [4.78, 5) is 23.8. The molecule has 0 saturated carbocycles. The highest BCUT2D eigenvalue weighted by atomic mass is 16.5. The number of carbonyl (C=O) groups excluding carboxylic acids is 1. The van der Waals surface area contributed by atoms with Crippen molar-refractivity contribution in [2.24, 2.45) is 0 Å². The third-order valence-electron chi connectivity index (χ3n) is 2.61. The summed E-state index contributed by atoms with van der Waals surface area (Å²) in [7, 11) is 2.92. The van der Waals surface area contributed by atoms with Gasteiger partial charge in [0.15, 0.2) is 5.82 Å². The minimum absolute atomic E-state index is 0.159. The Hall–Kier alpha value is -2.70. The van der Waals surface area contributed by atoms with Crippen molar-refractivity contribution in [3.05, 3.63) is 29.8 Å². The Balaban J connectivity index is 2.32. The van der Waals surface area contributed by atoms with Gasteiger partial charge < -0.3 is 14.2 Å². The van der Waals surface area contributed by atoms with E-state index in [1.807, 2.05) is 0 Å². The fourth-order valence-corrected chi connectivity index (χ4v) is 1.62. The molecule has 0 aliphatic rings. The van der Waals surface area contributed by atoms with Crippen LogP contribution in [-0.4, -0.2) is 41.7 Å². The zero-order chi connectivity index (χ0) is 15.2. The van der Waals surface area contributed by atoms with Gasteiger partial charge in [-0.3, -0.25) is 0 Å². The summed E-state index contributed by atoms with van der Waals surface area (Å²) in [6, 6.07) is 7.06. The smallest absolute Gasteiger partial charge is 0.338 e. The molecule has 1 heterocycles. The van der Waals surface area contributed by atoms with Gasteiger partial charge in [-0.05, 0) is 19.1 Å². The van der Waals surface area contributed by atoms with E-state index in [1.54, 1.807) is 31.2 Å². The number of methoxy groups -OCH3 is 2. The molecule has 0 N–H and O–H groups in total. The molecular weight excluding hydrogens is 274 g/mol. The molecule has 0 aliphatic carbocycles. The van der Waals surface area contributed by atoms with E-state index in [4.69, 9.17) is 14.2 Å². The van der Waals surface area contributed by atoms with Crippen LogP contribution in [0, 0.1) is 0 Å². The van der Waals surface area contributed by atoms with Gasteiger partial charge in [0.25, 0.3) is 0 Å². The molecular formula is C14H15N3O4. The molecule has 2 rings (SSSR count). The molecule has 2 aromatic rings. The van der Waals surface area contributed by atoms with Crippen molar-refractivity contribution in [3.63, 3.8) is 0 Å². The predicted octanol–water partition coefficient (Wildman–Crippen LogP) is 1.73. The summed E-state index contributed by atoms with van der Waals surface area (Å²) in [6.07, 6.45) is 0. The standard InChI is InChI=1S/C14H15N3O4/c1-4-21-12(18)10-7-5-9(6-8-10)11-15-13(19-2)17-14(16-11)20-3/h5-8H,4H2,1-3H3. The van der Waals surface area contributed by atoms with Crippen molar-refractivity contribution < 1.29 is 19.0 Å².